The number of hydrogen-bond donors (Lipinski definition) is 3. The van der Waals surface area contributed by atoms with E-state index in [-0.39, 0.29) is 16.1 Å². The fraction of sp³-hybridized carbons (Fsp3) is 0.167. The van der Waals surface area contributed by atoms with Gasteiger partial charge in [0.1, 0.15) is 4.90 Å². The van der Waals surface area contributed by atoms with Gasteiger partial charge in [0.15, 0.2) is 0 Å². The van der Waals surface area contributed by atoms with Crippen molar-refractivity contribution < 1.29 is 18.3 Å². The Morgan fingerprint density at radius 2 is 2.00 bits per heavy atom. The zero-order chi connectivity index (χ0) is 15.8. The number of nitrogens with zero attached hydrogens (tertiary/aromatic N) is 1. The smallest absolute Gasteiger partial charge is 0.335 e. The van der Waals surface area contributed by atoms with E-state index in [0.717, 1.165) is 0 Å². The van der Waals surface area contributed by atoms with Crippen LogP contribution in [0, 0.1) is 13.8 Å². The summed E-state index contributed by atoms with van der Waals surface area (Å²) < 4.78 is 27.5. The van der Waals surface area contributed by atoms with Gasteiger partial charge in [0.25, 0.3) is 10.0 Å². The fourth-order valence-electron chi connectivity index (χ4n) is 1.91. The molecule has 9 heteroatoms. The van der Waals surface area contributed by atoms with E-state index in [9.17, 15) is 13.2 Å². The SMILES string of the molecule is Cc1n[nH]c(C)c1S(=O)(=O)Nc1cc(Br)cc(C(=O)O)c1. The number of anilines is 1. The number of aromatic carboxylic acids is 1. The minimum Gasteiger partial charge on any atom is -0.478 e. The van der Waals surface area contributed by atoms with E-state index in [0.29, 0.717) is 15.9 Å². The molecule has 1 aromatic carbocycles. The molecule has 3 N–H and O–H groups in total. The lowest BCUT2D eigenvalue weighted by Gasteiger charge is -2.09. The highest BCUT2D eigenvalue weighted by Gasteiger charge is 2.22. The Morgan fingerprint density at radius 1 is 1.33 bits per heavy atom. The van der Waals surface area contributed by atoms with E-state index in [1.165, 1.54) is 18.2 Å². The minimum atomic E-state index is -3.85. The molecule has 1 heterocycles. The Morgan fingerprint density at radius 3 is 2.52 bits per heavy atom. The van der Waals surface area contributed by atoms with Crippen LogP contribution in [0.4, 0.5) is 5.69 Å². The molecule has 0 aliphatic carbocycles. The van der Waals surface area contributed by atoms with Gasteiger partial charge in [-0.1, -0.05) is 15.9 Å². The van der Waals surface area contributed by atoms with Crippen LogP contribution < -0.4 is 4.72 Å². The number of rotatable bonds is 4. The zero-order valence-electron chi connectivity index (χ0n) is 11.1. The van der Waals surface area contributed by atoms with Crippen molar-refractivity contribution in [2.24, 2.45) is 0 Å². The van der Waals surface area contributed by atoms with Crippen LogP contribution in [0.1, 0.15) is 21.7 Å². The predicted molar refractivity (Wildman–Crippen MR) is 80.0 cm³/mol. The standard InChI is InChI=1S/C12H12BrN3O4S/c1-6-11(7(2)15-14-6)21(19,20)16-10-4-8(12(17)18)3-9(13)5-10/h3-5,16H,1-2H3,(H,14,15)(H,17,18). The summed E-state index contributed by atoms with van der Waals surface area (Å²) in [6, 6.07) is 4.11. The Bertz CT molecular complexity index is 794. The van der Waals surface area contributed by atoms with Crippen LogP contribution in [0.2, 0.25) is 0 Å². The summed E-state index contributed by atoms with van der Waals surface area (Å²) in [5.41, 5.74) is 0.881. The number of hydrogen-bond acceptors (Lipinski definition) is 4. The molecular weight excluding hydrogens is 362 g/mol. The average molecular weight is 374 g/mol. The number of halogens is 1. The number of carboxylic acid groups (broad SMARTS) is 1. The quantitative estimate of drug-likeness (QED) is 0.760. The minimum absolute atomic E-state index is 0.0253. The normalized spacial score (nSPS) is 11.4. The summed E-state index contributed by atoms with van der Waals surface area (Å²) in [5, 5.41) is 15.4. The van der Waals surface area contributed by atoms with Gasteiger partial charge in [0.05, 0.1) is 22.6 Å². The van der Waals surface area contributed by atoms with Crippen LogP contribution in [0.5, 0.6) is 0 Å². The third-order valence-electron chi connectivity index (χ3n) is 2.73. The summed E-state index contributed by atoms with van der Waals surface area (Å²) in [6.07, 6.45) is 0. The molecule has 0 saturated heterocycles. The van der Waals surface area contributed by atoms with Crippen LogP contribution >= 0.6 is 15.9 Å². The summed E-state index contributed by atoms with van der Waals surface area (Å²) in [6.45, 7) is 3.17. The average Bonchev–Trinajstić information content (AvgIpc) is 2.68. The number of carbonyl (C=O) groups is 1. The van der Waals surface area contributed by atoms with Gasteiger partial charge in [-0.3, -0.25) is 9.82 Å². The molecule has 0 saturated carbocycles. The first-order valence-corrected chi connectivity index (χ1v) is 8.06. The molecule has 0 amide bonds. The van der Waals surface area contributed by atoms with Crippen molar-refractivity contribution in [1.29, 1.82) is 0 Å². The van der Waals surface area contributed by atoms with Gasteiger partial charge >= 0.3 is 5.97 Å². The second kappa shape index (κ2) is 5.49. The van der Waals surface area contributed by atoms with E-state index in [1.807, 2.05) is 0 Å². The highest BCUT2D eigenvalue weighted by molar-refractivity contribution is 9.10. The molecule has 1 aromatic heterocycles. The van der Waals surface area contributed by atoms with Crippen LogP contribution in [0.3, 0.4) is 0 Å². The number of nitrogens with one attached hydrogen (secondary N) is 2. The summed E-state index contributed by atoms with van der Waals surface area (Å²) in [7, 11) is -3.85. The molecule has 0 atom stereocenters. The molecule has 0 aliphatic heterocycles. The van der Waals surface area contributed by atoms with Crippen molar-refractivity contribution in [1.82, 2.24) is 10.2 Å². The lowest BCUT2D eigenvalue weighted by Crippen LogP contribution is -2.15. The van der Waals surface area contributed by atoms with Gasteiger partial charge in [-0.25, -0.2) is 13.2 Å². The Hall–Kier alpha value is -1.87. The number of aryl methyl sites for hydroxylation is 2. The van der Waals surface area contributed by atoms with Crippen molar-refractivity contribution in [2.75, 3.05) is 4.72 Å². The molecule has 0 spiro atoms. The van der Waals surface area contributed by atoms with Crippen LogP contribution in [-0.4, -0.2) is 29.7 Å². The fourth-order valence-corrected chi connectivity index (χ4v) is 3.82. The maximum absolute atomic E-state index is 12.4. The molecule has 0 fully saturated rings. The van der Waals surface area contributed by atoms with Crippen molar-refractivity contribution in [2.45, 2.75) is 18.7 Å². The number of carboxylic acids is 1. The number of aromatic nitrogens is 2. The Balaban J connectivity index is 2.44. The maximum Gasteiger partial charge on any atom is 0.335 e. The van der Waals surface area contributed by atoms with Gasteiger partial charge in [-0.05, 0) is 32.0 Å². The highest BCUT2D eigenvalue weighted by atomic mass is 79.9. The Labute approximate surface area is 129 Å². The first kappa shape index (κ1) is 15.5. The van der Waals surface area contributed by atoms with Crippen molar-refractivity contribution in [3.63, 3.8) is 0 Å². The van der Waals surface area contributed by atoms with E-state index in [1.54, 1.807) is 13.8 Å². The van der Waals surface area contributed by atoms with Crippen molar-refractivity contribution in [3.8, 4) is 0 Å². The van der Waals surface area contributed by atoms with E-state index < -0.39 is 16.0 Å². The number of H-pyrrole nitrogens is 1. The summed E-state index contributed by atoms with van der Waals surface area (Å²) in [5.74, 6) is -1.15. The second-order valence-corrected chi connectivity index (χ2v) is 6.94. The number of sulfonamides is 1. The predicted octanol–water partition coefficient (Wildman–Crippen LogP) is 2.29. The first-order valence-electron chi connectivity index (χ1n) is 5.79. The van der Waals surface area contributed by atoms with Crippen LogP contribution in [0.15, 0.2) is 27.6 Å². The number of aromatic amines is 1. The molecule has 0 bridgehead atoms. The van der Waals surface area contributed by atoms with Crippen LogP contribution in [0.25, 0.3) is 0 Å². The topological polar surface area (TPSA) is 112 Å². The lowest BCUT2D eigenvalue weighted by atomic mass is 10.2. The summed E-state index contributed by atoms with van der Waals surface area (Å²) >= 11 is 3.15. The van der Waals surface area contributed by atoms with E-state index in [2.05, 4.69) is 30.8 Å². The lowest BCUT2D eigenvalue weighted by molar-refractivity contribution is 0.0697. The molecule has 7 nitrogen and oxygen atoms in total. The molecule has 21 heavy (non-hydrogen) atoms. The molecular formula is C12H12BrN3O4S. The van der Waals surface area contributed by atoms with E-state index in [4.69, 9.17) is 5.11 Å². The molecule has 0 unspecified atom stereocenters. The first-order chi connectivity index (χ1) is 9.70. The van der Waals surface area contributed by atoms with Gasteiger partial charge in [0, 0.05) is 4.47 Å². The largest absolute Gasteiger partial charge is 0.478 e. The van der Waals surface area contributed by atoms with Crippen molar-refractivity contribution in [3.05, 3.63) is 39.6 Å². The van der Waals surface area contributed by atoms with E-state index >= 15 is 0 Å². The third kappa shape index (κ3) is 3.24. The molecule has 112 valence electrons. The van der Waals surface area contributed by atoms with Crippen molar-refractivity contribution >= 4 is 37.6 Å². The maximum atomic E-state index is 12.4. The van der Waals surface area contributed by atoms with Gasteiger partial charge in [0.2, 0.25) is 0 Å². The molecule has 2 aromatic rings. The Kier molecular flexibility index (Phi) is 4.06. The third-order valence-corrected chi connectivity index (χ3v) is 4.83. The monoisotopic (exact) mass is 373 g/mol. The van der Waals surface area contributed by atoms with Crippen LogP contribution in [-0.2, 0) is 10.0 Å². The second-order valence-electron chi connectivity index (χ2n) is 4.40. The zero-order valence-corrected chi connectivity index (χ0v) is 13.5. The highest BCUT2D eigenvalue weighted by Crippen LogP contribution is 2.24. The van der Waals surface area contributed by atoms with Gasteiger partial charge in [-0.15, -0.1) is 0 Å². The number of benzene rings is 1. The van der Waals surface area contributed by atoms with Gasteiger partial charge < -0.3 is 5.11 Å². The van der Waals surface area contributed by atoms with Gasteiger partial charge in [-0.2, -0.15) is 5.10 Å². The summed E-state index contributed by atoms with van der Waals surface area (Å²) in [4.78, 5) is 11.0. The molecule has 0 radical (unpaired) electrons. The molecule has 0 aliphatic rings. The molecule has 2 rings (SSSR count).